The van der Waals surface area contributed by atoms with Gasteiger partial charge in [-0.2, -0.15) is 5.26 Å². The zero-order chi connectivity index (χ0) is 18.1. The Labute approximate surface area is 157 Å². The Morgan fingerprint density at radius 1 is 1.12 bits per heavy atom. The van der Waals surface area contributed by atoms with Crippen molar-refractivity contribution in [1.82, 2.24) is 10.2 Å². The van der Waals surface area contributed by atoms with Gasteiger partial charge in [-0.05, 0) is 69.1 Å². The van der Waals surface area contributed by atoms with Crippen LogP contribution in [0.2, 0.25) is 0 Å². The van der Waals surface area contributed by atoms with Gasteiger partial charge in [0.15, 0.2) is 0 Å². The highest BCUT2D eigenvalue weighted by atomic mass is 16.3. The number of nitrogens with zero attached hydrogens (tertiary/aromatic N) is 2. The van der Waals surface area contributed by atoms with E-state index in [-0.39, 0.29) is 11.9 Å². The summed E-state index contributed by atoms with van der Waals surface area (Å²) in [5, 5.41) is 23.8. The van der Waals surface area contributed by atoms with E-state index in [0.717, 1.165) is 45.1 Å². The van der Waals surface area contributed by atoms with Crippen LogP contribution in [0.15, 0.2) is 0 Å². The van der Waals surface area contributed by atoms with Crippen LogP contribution in [0.3, 0.4) is 0 Å². The van der Waals surface area contributed by atoms with Gasteiger partial charge in [0.05, 0.1) is 18.2 Å². The lowest BCUT2D eigenvalue weighted by atomic mass is 9.75. The Balaban J connectivity index is 1.25. The molecule has 1 aliphatic heterocycles. The third kappa shape index (κ3) is 3.51. The van der Waals surface area contributed by atoms with Gasteiger partial charge in [0.1, 0.15) is 6.04 Å². The molecular weight excluding hydrogens is 326 g/mol. The van der Waals surface area contributed by atoms with Crippen molar-refractivity contribution in [2.75, 3.05) is 13.1 Å². The molecule has 3 unspecified atom stereocenters. The second-order valence-corrected chi connectivity index (χ2v) is 9.29. The highest BCUT2D eigenvalue weighted by molar-refractivity contribution is 5.79. The molecule has 1 saturated heterocycles. The summed E-state index contributed by atoms with van der Waals surface area (Å²) in [6.45, 7) is 1.08. The Morgan fingerprint density at radius 3 is 2.46 bits per heavy atom. The Bertz CT molecular complexity index is 552. The van der Waals surface area contributed by atoms with Gasteiger partial charge in [-0.1, -0.05) is 19.3 Å². The van der Waals surface area contributed by atoms with Gasteiger partial charge < -0.3 is 15.3 Å². The molecule has 144 valence electrons. The summed E-state index contributed by atoms with van der Waals surface area (Å²) in [5.41, 5.74) is -0.411. The number of hydrogen-bond acceptors (Lipinski definition) is 4. The first-order valence-corrected chi connectivity index (χ1v) is 10.7. The molecule has 5 nitrogen and oxygen atoms in total. The molecule has 0 aromatic rings. The SMILES string of the molecule is N#CC1CCCN1C(=O)CNC1CC2CC(O)(C3CCCCC3)CC2C1. The van der Waals surface area contributed by atoms with E-state index in [1.165, 1.54) is 32.1 Å². The fraction of sp³-hybridized carbons (Fsp3) is 0.905. The van der Waals surface area contributed by atoms with Crippen LogP contribution in [0.4, 0.5) is 0 Å². The monoisotopic (exact) mass is 359 g/mol. The molecule has 4 aliphatic rings. The lowest BCUT2D eigenvalue weighted by molar-refractivity contribution is -0.130. The Kier molecular flexibility index (Phi) is 5.25. The number of amides is 1. The van der Waals surface area contributed by atoms with Crippen LogP contribution in [0, 0.1) is 29.1 Å². The summed E-state index contributed by atoms with van der Waals surface area (Å²) in [6.07, 6.45) is 12.2. The zero-order valence-corrected chi connectivity index (χ0v) is 15.8. The molecule has 0 spiro atoms. The molecular formula is C21H33N3O2. The Hall–Kier alpha value is -1.12. The number of rotatable bonds is 4. The summed E-state index contributed by atoms with van der Waals surface area (Å²) in [4.78, 5) is 14.1. The molecule has 1 amide bonds. The number of fused-ring (bicyclic) bond motifs is 1. The summed E-state index contributed by atoms with van der Waals surface area (Å²) in [5.74, 6) is 1.83. The van der Waals surface area contributed by atoms with E-state index in [2.05, 4.69) is 11.4 Å². The van der Waals surface area contributed by atoms with Crippen molar-refractivity contribution in [2.45, 2.75) is 88.3 Å². The number of carbonyl (C=O) groups excluding carboxylic acids is 1. The maximum Gasteiger partial charge on any atom is 0.237 e. The number of carbonyl (C=O) groups is 1. The number of nitrogens with one attached hydrogen (secondary N) is 1. The van der Waals surface area contributed by atoms with E-state index in [4.69, 9.17) is 5.26 Å². The standard InChI is InChI=1S/C21H33N3O2/c22-13-19-7-4-8-24(19)20(25)14-23-18-9-15-11-21(26,12-16(15)10-18)17-5-2-1-3-6-17/h15-19,23,26H,1-12,14H2. The van der Waals surface area contributed by atoms with E-state index < -0.39 is 5.60 Å². The summed E-state index contributed by atoms with van der Waals surface area (Å²) in [7, 11) is 0. The van der Waals surface area contributed by atoms with Crippen molar-refractivity contribution < 1.29 is 9.90 Å². The third-order valence-electron chi connectivity index (χ3n) is 7.70. The normalized spacial score (nSPS) is 40.5. The molecule has 0 radical (unpaired) electrons. The van der Waals surface area contributed by atoms with Gasteiger partial charge in [0.2, 0.25) is 5.91 Å². The first kappa shape index (κ1) is 18.3. The summed E-state index contributed by atoms with van der Waals surface area (Å²) >= 11 is 0. The maximum absolute atomic E-state index is 12.4. The predicted molar refractivity (Wildman–Crippen MR) is 99.1 cm³/mol. The van der Waals surface area contributed by atoms with E-state index in [0.29, 0.717) is 30.3 Å². The molecule has 26 heavy (non-hydrogen) atoms. The van der Waals surface area contributed by atoms with Gasteiger partial charge in [-0.25, -0.2) is 0 Å². The lowest BCUT2D eigenvalue weighted by Crippen LogP contribution is -2.43. The first-order chi connectivity index (χ1) is 12.6. The van der Waals surface area contributed by atoms with E-state index in [1.807, 2.05) is 0 Å². The number of likely N-dealkylation sites (tertiary alicyclic amines) is 1. The zero-order valence-electron chi connectivity index (χ0n) is 15.8. The second kappa shape index (κ2) is 7.48. The van der Waals surface area contributed by atoms with E-state index in [9.17, 15) is 9.90 Å². The van der Waals surface area contributed by atoms with Crippen LogP contribution in [-0.4, -0.2) is 46.7 Å². The smallest absolute Gasteiger partial charge is 0.237 e. The maximum atomic E-state index is 12.4. The molecule has 0 aromatic carbocycles. The van der Waals surface area contributed by atoms with Gasteiger partial charge in [0.25, 0.3) is 0 Å². The van der Waals surface area contributed by atoms with Crippen LogP contribution in [0.1, 0.15) is 70.6 Å². The molecule has 1 heterocycles. The van der Waals surface area contributed by atoms with Crippen LogP contribution in [0.25, 0.3) is 0 Å². The van der Waals surface area contributed by atoms with Gasteiger partial charge in [0, 0.05) is 12.6 Å². The van der Waals surface area contributed by atoms with Crippen molar-refractivity contribution in [3.63, 3.8) is 0 Å². The van der Waals surface area contributed by atoms with Crippen molar-refractivity contribution in [2.24, 2.45) is 17.8 Å². The van der Waals surface area contributed by atoms with Gasteiger partial charge in [-0.3, -0.25) is 4.79 Å². The summed E-state index contributed by atoms with van der Waals surface area (Å²) in [6, 6.07) is 2.42. The van der Waals surface area contributed by atoms with Crippen molar-refractivity contribution in [3.05, 3.63) is 0 Å². The van der Waals surface area contributed by atoms with Crippen molar-refractivity contribution in [3.8, 4) is 6.07 Å². The van der Waals surface area contributed by atoms with Crippen LogP contribution >= 0.6 is 0 Å². The summed E-state index contributed by atoms with van der Waals surface area (Å²) < 4.78 is 0. The molecule has 2 N–H and O–H groups in total. The lowest BCUT2D eigenvalue weighted by Gasteiger charge is -2.36. The average Bonchev–Trinajstić information content (AvgIpc) is 3.33. The second-order valence-electron chi connectivity index (χ2n) is 9.29. The fourth-order valence-corrected chi connectivity index (χ4v) is 6.38. The Morgan fingerprint density at radius 2 is 1.81 bits per heavy atom. The van der Waals surface area contributed by atoms with Crippen molar-refractivity contribution >= 4 is 5.91 Å². The molecule has 4 rings (SSSR count). The average molecular weight is 360 g/mol. The molecule has 0 aromatic heterocycles. The highest BCUT2D eigenvalue weighted by Gasteiger charge is 2.51. The van der Waals surface area contributed by atoms with Crippen LogP contribution < -0.4 is 5.32 Å². The topological polar surface area (TPSA) is 76.4 Å². The molecule has 4 fully saturated rings. The van der Waals surface area contributed by atoms with Crippen molar-refractivity contribution in [1.29, 1.82) is 5.26 Å². The number of nitriles is 1. The number of aliphatic hydroxyl groups is 1. The fourth-order valence-electron chi connectivity index (χ4n) is 6.38. The quantitative estimate of drug-likeness (QED) is 0.809. The molecule has 3 atom stereocenters. The highest BCUT2D eigenvalue weighted by Crippen LogP contribution is 2.53. The molecule has 3 saturated carbocycles. The largest absolute Gasteiger partial charge is 0.390 e. The van der Waals surface area contributed by atoms with Crippen LogP contribution in [-0.2, 0) is 4.79 Å². The van der Waals surface area contributed by atoms with E-state index >= 15 is 0 Å². The van der Waals surface area contributed by atoms with Crippen LogP contribution in [0.5, 0.6) is 0 Å². The molecule has 3 aliphatic carbocycles. The minimum atomic E-state index is -0.411. The predicted octanol–water partition coefficient (Wildman–Crippen LogP) is 2.59. The minimum absolute atomic E-state index is 0.0739. The van der Waals surface area contributed by atoms with E-state index in [1.54, 1.807) is 4.90 Å². The number of hydrogen-bond donors (Lipinski definition) is 2. The third-order valence-corrected chi connectivity index (χ3v) is 7.70. The first-order valence-electron chi connectivity index (χ1n) is 10.7. The molecule has 0 bridgehead atoms. The van der Waals surface area contributed by atoms with Gasteiger partial charge in [-0.15, -0.1) is 0 Å². The minimum Gasteiger partial charge on any atom is -0.390 e. The van der Waals surface area contributed by atoms with Gasteiger partial charge >= 0.3 is 0 Å². The molecule has 5 heteroatoms.